The van der Waals surface area contributed by atoms with Gasteiger partial charge in [0.1, 0.15) is 5.60 Å². The maximum Gasteiger partial charge on any atom is 0.255 e. The van der Waals surface area contributed by atoms with Gasteiger partial charge in [-0.15, -0.1) is 0 Å². The molecule has 1 aliphatic heterocycles. The fourth-order valence-electron chi connectivity index (χ4n) is 3.18. The molecule has 1 saturated heterocycles. The van der Waals surface area contributed by atoms with Gasteiger partial charge >= 0.3 is 0 Å². The van der Waals surface area contributed by atoms with E-state index in [0.29, 0.717) is 29.4 Å². The van der Waals surface area contributed by atoms with Crippen LogP contribution in [0.15, 0.2) is 30.3 Å². The Morgan fingerprint density at radius 1 is 1.43 bits per heavy atom. The number of amides is 1. The Labute approximate surface area is 166 Å². The number of methoxy groups -OCH3 is 1. The van der Waals surface area contributed by atoms with Crippen molar-refractivity contribution < 1.29 is 18.7 Å². The summed E-state index contributed by atoms with van der Waals surface area (Å²) in [6, 6.07) is 8.67. The number of carbonyl (C=O) groups excluding carboxylic acids is 1. The number of halogens is 2. The molecule has 3 heterocycles. The average Bonchev–Trinajstić information content (AvgIpc) is 3.05. The first-order valence-corrected chi connectivity index (χ1v) is 9.22. The largest absolute Gasteiger partial charge is 0.492 e. The smallest absolute Gasteiger partial charge is 0.255 e. The number of fused-ring (bicyclic) bond motifs is 1. The zero-order chi connectivity index (χ0) is 19.9. The minimum Gasteiger partial charge on any atom is -0.492 e. The molecule has 1 aliphatic rings. The van der Waals surface area contributed by atoms with Crippen molar-refractivity contribution in [3.05, 3.63) is 47.0 Å². The first-order chi connectivity index (χ1) is 13.4. The SMILES string of the molecule is COc1ccc(-c2cc3[nH]c(CNC(=O)[C@]4(C)CCO4)cc3cc2Cl)nc1F. The molecule has 2 N–H and O–H groups in total. The third-order valence-electron chi connectivity index (χ3n) is 4.99. The molecule has 8 heteroatoms. The molecule has 3 aromatic rings. The van der Waals surface area contributed by atoms with Crippen LogP contribution in [0.3, 0.4) is 0 Å². The van der Waals surface area contributed by atoms with Crippen LogP contribution in [-0.4, -0.2) is 35.2 Å². The summed E-state index contributed by atoms with van der Waals surface area (Å²) in [7, 11) is 1.38. The van der Waals surface area contributed by atoms with Crippen LogP contribution in [0, 0.1) is 5.95 Å². The van der Waals surface area contributed by atoms with E-state index in [1.807, 2.05) is 12.1 Å². The highest BCUT2D eigenvalue weighted by Crippen LogP contribution is 2.33. The van der Waals surface area contributed by atoms with Gasteiger partial charge in [0.2, 0.25) is 0 Å². The lowest BCUT2D eigenvalue weighted by Crippen LogP contribution is -2.53. The number of hydrogen-bond acceptors (Lipinski definition) is 4. The van der Waals surface area contributed by atoms with Gasteiger partial charge in [-0.3, -0.25) is 4.79 Å². The molecule has 0 saturated carbocycles. The summed E-state index contributed by atoms with van der Waals surface area (Å²) in [6.45, 7) is 2.73. The highest BCUT2D eigenvalue weighted by Gasteiger charge is 2.40. The fourth-order valence-corrected chi connectivity index (χ4v) is 3.45. The Morgan fingerprint density at radius 3 is 2.86 bits per heavy atom. The van der Waals surface area contributed by atoms with E-state index in [0.717, 1.165) is 23.0 Å². The van der Waals surface area contributed by atoms with Crippen LogP contribution < -0.4 is 10.1 Å². The number of H-pyrrole nitrogens is 1. The lowest BCUT2D eigenvalue weighted by Gasteiger charge is -2.36. The van der Waals surface area contributed by atoms with Crippen LogP contribution in [0.25, 0.3) is 22.2 Å². The highest BCUT2D eigenvalue weighted by molar-refractivity contribution is 6.34. The van der Waals surface area contributed by atoms with E-state index in [9.17, 15) is 9.18 Å². The first kappa shape index (κ1) is 18.7. The van der Waals surface area contributed by atoms with E-state index in [2.05, 4.69) is 15.3 Å². The van der Waals surface area contributed by atoms with Gasteiger partial charge in [-0.2, -0.15) is 4.39 Å². The molecule has 1 atom stereocenters. The summed E-state index contributed by atoms with van der Waals surface area (Å²) in [5, 5.41) is 4.22. The van der Waals surface area contributed by atoms with Crippen molar-refractivity contribution >= 4 is 28.4 Å². The van der Waals surface area contributed by atoms with Crippen molar-refractivity contribution in [3.63, 3.8) is 0 Å². The Kier molecular flexibility index (Phi) is 4.72. The molecule has 0 radical (unpaired) electrons. The number of nitrogens with one attached hydrogen (secondary N) is 2. The number of carbonyl (C=O) groups is 1. The first-order valence-electron chi connectivity index (χ1n) is 8.84. The maximum atomic E-state index is 14.0. The van der Waals surface area contributed by atoms with Gasteiger partial charge < -0.3 is 19.8 Å². The molecule has 0 spiro atoms. The topological polar surface area (TPSA) is 76.2 Å². The van der Waals surface area contributed by atoms with E-state index < -0.39 is 11.5 Å². The molecule has 0 unspecified atom stereocenters. The van der Waals surface area contributed by atoms with Crippen molar-refractivity contribution in [1.82, 2.24) is 15.3 Å². The monoisotopic (exact) mass is 403 g/mol. The molecule has 1 amide bonds. The lowest BCUT2D eigenvalue weighted by atomic mass is 9.96. The highest BCUT2D eigenvalue weighted by atomic mass is 35.5. The zero-order valence-electron chi connectivity index (χ0n) is 15.4. The van der Waals surface area contributed by atoms with Crippen molar-refractivity contribution in [2.75, 3.05) is 13.7 Å². The summed E-state index contributed by atoms with van der Waals surface area (Å²) >= 11 is 6.39. The quantitative estimate of drug-likeness (QED) is 0.635. The Balaban J connectivity index is 1.58. The number of aromatic nitrogens is 2. The molecule has 146 valence electrons. The Morgan fingerprint density at radius 2 is 2.21 bits per heavy atom. The van der Waals surface area contributed by atoms with Crippen LogP contribution >= 0.6 is 11.6 Å². The predicted molar refractivity (Wildman–Crippen MR) is 104 cm³/mol. The zero-order valence-corrected chi connectivity index (χ0v) is 16.2. The van der Waals surface area contributed by atoms with E-state index >= 15 is 0 Å². The van der Waals surface area contributed by atoms with E-state index in [4.69, 9.17) is 21.1 Å². The number of rotatable bonds is 5. The second-order valence-electron chi connectivity index (χ2n) is 6.92. The van der Waals surface area contributed by atoms with Crippen LogP contribution in [0.1, 0.15) is 19.0 Å². The molecule has 1 fully saturated rings. The third-order valence-corrected chi connectivity index (χ3v) is 5.31. The van der Waals surface area contributed by atoms with Crippen LogP contribution in [0.4, 0.5) is 4.39 Å². The maximum absolute atomic E-state index is 14.0. The van der Waals surface area contributed by atoms with Gasteiger partial charge in [0.25, 0.3) is 11.9 Å². The lowest BCUT2D eigenvalue weighted by molar-refractivity contribution is -0.171. The van der Waals surface area contributed by atoms with Gasteiger partial charge in [0.05, 0.1) is 31.0 Å². The fraction of sp³-hybridized carbons (Fsp3) is 0.300. The van der Waals surface area contributed by atoms with Crippen molar-refractivity contribution in [3.8, 4) is 17.0 Å². The number of ether oxygens (including phenoxy) is 2. The Bertz CT molecular complexity index is 1060. The predicted octanol–water partition coefficient (Wildman–Crippen LogP) is 3.83. The van der Waals surface area contributed by atoms with Gasteiger partial charge in [0.15, 0.2) is 5.75 Å². The summed E-state index contributed by atoms with van der Waals surface area (Å²) < 4.78 is 24.2. The molecule has 6 nitrogen and oxygen atoms in total. The van der Waals surface area contributed by atoms with E-state index in [-0.39, 0.29) is 11.7 Å². The summed E-state index contributed by atoms with van der Waals surface area (Å²) in [5.41, 5.74) is 1.92. The summed E-state index contributed by atoms with van der Waals surface area (Å²) in [4.78, 5) is 19.4. The minimum atomic E-state index is -0.730. The average molecular weight is 404 g/mol. The summed E-state index contributed by atoms with van der Waals surface area (Å²) in [6.07, 6.45) is 0.718. The van der Waals surface area contributed by atoms with Crippen molar-refractivity contribution in [2.45, 2.75) is 25.5 Å². The van der Waals surface area contributed by atoms with Gasteiger partial charge in [-0.05, 0) is 37.3 Å². The second-order valence-corrected chi connectivity index (χ2v) is 7.32. The van der Waals surface area contributed by atoms with Crippen LogP contribution in [-0.2, 0) is 16.1 Å². The summed E-state index contributed by atoms with van der Waals surface area (Å²) in [5.74, 6) is -0.755. The van der Waals surface area contributed by atoms with Gasteiger partial charge in [-0.1, -0.05) is 11.6 Å². The van der Waals surface area contributed by atoms with Gasteiger partial charge in [0, 0.05) is 28.6 Å². The number of benzene rings is 1. The molecular formula is C20H19ClFN3O3. The molecule has 2 aromatic heterocycles. The van der Waals surface area contributed by atoms with E-state index in [1.54, 1.807) is 19.1 Å². The van der Waals surface area contributed by atoms with E-state index in [1.165, 1.54) is 13.2 Å². The molecule has 0 aliphatic carbocycles. The van der Waals surface area contributed by atoms with Crippen LogP contribution in [0.5, 0.6) is 5.75 Å². The second kappa shape index (κ2) is 7.07. The van der Waals surface area contributed by atoms with Crippen LogP contribution in [0.2, 0.25) is 5.02 Å². The minimum absolute atomic E-state index is 0.0722. The number of aromatic amines is 1. The molecule has 1 aromatic carbocycles. The van der Waals surface area contributed by atoms with Gasteiger partial charge in [-0.25, -0.2) is 4.98 Å². The molecule has 28 heavy (non-hydrogen) atoms. The number of pyridine rings is 1. The normalized spacial score (nSPS) is 18.7. The molecule has 0 bridgehead atoms. The third kappa shape index (κ3) is 3.31. The Hall–Kier alpha value is -2.64. The standard InChI is InChI=1S/C20H19ClFN3O3/c1-20(5-6-28-20)19(26)23-10-12-7-11-8-14(21)13(9-16(11)24-12)15-3-4-17(27-2)18(22)25-15/h3-4,7-9,24H,5-6,10H2,1-2H3,(H,23,26)/t20-/m0/s1. The van der Waals surface area contributed by atoms with Crippen molar-refractivity contribution in [1.29, 1.82) is 0 Å². The van der Waals surface area contributed by atoms with Crippen molar-refractivity contribution in [2.24, 2.45) is 0 Å². The number of hydrogen-bond donors (Lipinski definition) is 2. The molecular weight excluding hydrogens is 385 g/mol. The molecule has 4 rings (SSSR count). The number of nitrogens with zero attached hydrogens (tertiary/aromatic N) is 1.